The molecule has 0 atom stereocenters. The Hall–Kier alpha value is -1.44. The van der Waals surface area contributed by atoms with Crippen molar-refractivity contribution in [3.63, 3.8) is 0 Å². The van der Waals surface area contributed by atoms with Crippen LogP contribution in [-0.4, -0.2) is 23.0 Å². The first-order valence-electron chi connectivity index (χ1n) is 5.50. The molecule has 80 valence electrons. The van der Waals surface area contributed by atoms with Gasteiger partial charge in [-0.25, -0.2) is 0 Å². The fourth-order valence-corrected chi connectivity index (χ4v) is 1.75. The molecule has 0 spiro atoms. The summed E-state index contributed by atoms with van der Waals surface area (Å²) in [5, 5.41) is 0. The molecule has 0 fully saturated rings. The molecule has 0 aromatic heterocycles. The summed E-state index contributed by atoms with van der Waals surface area (Å²) < 4.78 is 0. The van der Waals surface area contributed by atoms with Crippen molar-refractivity contribution in [1.82, 2.24) is 9.80 Å². The molecule has 2 heteroatoms. The van der Waals surface area contributed by atoms with E-state index in [4.69, 9.17) is 0 Å². The van der Waals surface area contributed by atoms with E-state index in [1.807, 2.05) is 0 Å². The van der Waals surface area contributed by atoms with Gasteiger partial charge in [0, 0.05) is 25.5 Å². The average molecular weight is 202 g/mol. The van der Waals surface area contributed by atoms with E-state index < -0.39 is 0 Å². The standard InChI is InChI=1S/C13H18N2/c1-3-14-8-9-15(11-14)10-13-6-4-12(2)5-7-13/h4-9H,3,10-11H2,1-2H3. The summed E-state index contributed by atoms with van der Waals surface area (Å²) in [7, 11) is 0. The van der Waals surface area contributed by atoms with Gasteiger partial charge in [0.25, 0.3) is 0 Å². The highest BCUT2D eigenvalue weighted by Gasteiger charge is 2.09. The Kier molecular flexibility index (Phi) is 2.95. The Balaban J connectivity index is 1.93. The molecule has 1 aliphatic rings. The van der Waals surface area contributed by atoms with Gasteiger partial charge in [-0.3, -0.25) is 0 Å². The molecule has 0 aliphatic carbocycles. The molecule has 0 bridgehead atoms. The van der Waals surface area contributed by atoms with Crippen LogP contribution in [0.4, 0.5) is 0 Å². The molecule has 15 heavy (non-hydrogen) atoms. The maximum Gasteiger partial charge on any atom is 0.0897 e. The third-order valence-electron chi connectivity index (χ3n) is 2.76. The van der Waals surface area contributed by atoms with Gasteiger partial charge >= 0.3 is 0 Å². The zero-order chi connectivity index (χ0) is 10.7. The van der Waals surface area contributed by atoms with Crippen LogP contribution >= 0.6 is 0 Å². The van der Waals surface area contributed by atoms with E-state index in [0.29, 0.717) is 0 Å². The lowest BCUT2D eigenvalue weighted by atomic mass is 10.1. The number of hydrogen-bond donors (Lipinski definition) is 0. The van der Waals surface area contributed by atoms with E-state index in [2.05, 4.69) is 60.3 Å². The molecule has 2 rings (SSSR count). The van der Waals surface area contributed by atoms with E-state index in [9.17, 15) is 0 Å². The summed E-state index contributed by atoms with van der Waals surface area (Å²) in [4.78, 5) is 4.63. The highest BCUT2D eigenvalue weighted by Crippen LogP contribution is 2.12. The number of rotatable bonds is 3. The number of benzene rings is 1. The molecule has 1 aromatic rings. The molecule has 1 heterocycles. The maximum atomic E-state index is 2.33. The lowest BCUT2D eigenvalue weighted by Gasteiger charge is -2.20. The minimum atomic E-state index is 1.01. The van der Waals surface area contributed by atoms with Gasteiger partial charge in [0.15, 0.2) is 0 Å². The van der Waals surface area contributed by atoms with E-state index >= 15 is 0 Å². The van der Waals surface area contributed by atoms with E-state index in [1.165, 1.54) is 11.1 Å². The van der Waals surface area contributed by atoms with Crippen molar-refractivity contribution in [3.8, 4) is 0 Å². The van der Waals surface area contributed by atoms with Gasteiger partial charge in [0.1, 0.15) is 0 Å². The smallest absolute Gasteiger partial charge is 0.0897 e. The Morgan fingerprint density at radius 1 is 1.07 bits per heavy atom. The minimum Gasteiger partial charge on any atom is -0.359 e. The lowest BCUT2D eigenvalue weighted by molar-refractivity contribution is 0.268. The van der Waals surface area contributed by atoms with Gasteiger partial charge in [0.2, 0.25) is 0 Å². The van der Waals surface area contributed by atoms with Crippen LogP contribution in [0.15, 0.2) is 36.7 Å². The predicted molar refractivity (Wildman–Crippen MR) is 63.1 cm³/mol. The van der Waals surface area contributed by atoms with Gasteiger partial charge in [-0.05, 0) is 19.4 Å². The predicted octanol–water partition coefficient (Wildman–Crippen LogP) is 2.56. The second-order valence-electron chi connectivity index (χ2n) is 4.08. The molecule has 2 nitrogen and oxygen atoms in total. The largest absolute Gasteiger partial charge is 0.359 e. The SMILES string of the molecule is CCN1C=CN(Cc2ccc(C)cc2)C1. The van der Waals surface area contributed by atoms with E-state index in [0.717, 1.165) is 19.8 Å². The van der Waals surface area contributed by atoms with Crippen molar-refractivity contribution in [2.75, 3.05) is 13.2 Å². The van der Waals surface area contributed by atoms with Crippen LogP contribution in [0, 0.1) is 6.92 Å². The zero-order valence-corrected chi connectivity index (χ0v) is 9.48. The van der Waals surface area contributed by atoms with Crippen molar-refractivity contribution < 1.29 is 0 Å². The molecule has 0 saturated heterocycles. The van der Waals surface area contributed by atoms with Gasteiger partial charge in [-0.2, -0.15) is 0 Å². The third kappa shape index (κ3) is 2.52. The van der Waals surface area contributed by atoms with Crippen molar-refractivity contribution in [1.29, 1.82) is 0 Å². The Morgan fingerprint density at radius 3 is 2.33 bits per heavy atom. The number of aryl methyl sites for hydroxylation is 1. The van der Waals surface area contributed by atoms with Crippen LogP contribution < -0.4 is 0 Å². The third-order valence-corrected chi connectivity index (χ3v) is 2.76. The normalized spacial score (nSPS) is 15.1. The second-order valence-corrected chi connectivity index (χ2v) is 4.08. The van der Waals surface area contributed by atoms with Gasteiger partial charge < -0.3 is 9.80 Å². The quantitative estimate of drug-likeness (QED) is 0.743. The minimum absolute atomic E-state index is 1.01. The summed E-state index contributed by atoms with van der Waals surface area (Å²) in [5.41, 5.74) is 2.70. The molecule has 0 unspecified atom stereocenters. The Morgan fingerprint density at radius 2 is 1.73 bits per heavy atom. The molecule has 0 saturated carbocycles. The summed E-state index contributed by atoms with van der Waals surface area (Å²) in [6, 6.07) is 8.76. The van der Waals surface area contributed by atoms with Crippen molar-refractivity contribution in [3.05, 3.63) is 47.8 Å². The fourth-order valence-electron chi connectivity index (χ4n) is 1.75. The molecular weight excluding hydrogens is 184 g/mol. The first-order chi connectivity index (χ1) is 7.28. The topological polar surface area (TPSA) is 6.48 Å². The van der Waals surface area contributed by atoms with E-state index in [1.54, 1.807) is 0 Å². The van der Waals surface area contributed by atoms with Gasteiger partial charge in [-0.1, -0.05) is 29.8 Å². The number of hydrogen-bond acceptors (Lipinski definition) is 2. The monoisotopic (exact) mass is 202 g/mol. The summed E-state index contributed by atoms with van der Waals surface area (Å²) in [6.07, 6.45) is 4.33. The van der Waals surface area contributed by atoms with Gasteiger partial charge in [0.05, 0.1) is 6.67 Å². The van der Waals surface area contributed by atoms with Crippen molar-refractivity contribution >= 4 is 0 Å². The van der Waals surface area contributed by atoms with Crippen LogP contribution in [0.5, 0.6) is 0 Å². The molecule has 0 amide bonds. The van der Waals surface area contributed by atoms with Gasteiger partial charge in [-0.15, -0.1) is 0 Å². The zero-order valence-electron chi connectivity index (χ0n) is 9.48. The lowest BCUT2D eigenvalue weighted by Crippen LogP contribution is -2.24. The van der Waals surface area contributed by atoms with Crippen LogP contribution in [0.25, 0.3) is 0 Å². The molecule has 1 aromatic carbocycles. The Bertz CT molecular complexity index is 340. The van der Waals surface area contributed by atoms with E-state index in [-0.39, 0.29) is 0 Å². The average Bonchev–Trinajstić information content (AvgIpc) is 2.69. The summed E-state index contributed by atoms with van der Waals surface area (Å²) >= 11 is 0. The molecule has 0 radical (unpaired) electrons. The van der Waals surface area contributed by atoms with Crippen LogP contribution in [0.3, 0.4) is 0 Å². The highest BCUT2D eigenvalue weighted by molar-refractivity contribution is 5.21. The second kappa shape index (κ2) is 4.39. The van der Waals surface area contributed by atoms with Crippen LogP contribution in [0.2, 0.25) is 0 Å². The maximum absolute atomic E-state index is 2.33. The van der Waals surface area contributed by atoms with Crippen molar-refractivity contribution in [2.45, 2.75) is 20.4 Å². The summed E-state index contributed by atoms with van der Waals surface area (Å²) in [5.74, 6) is 0. The molecular formula is C13H18N2. The first-order valence-corrected chi connectivity index (χ1v) is 5.50. The first kappa shape index (κ1) is 10.1. The van der Waals surface area contributed by atoms with Crippen molar-refractivity contribution in [2.24, 2.45) is 0 Å². The van der Waals surface area contributed by atoms with Crippen LogP contribution in [0.1, 0.15) is 18.1 Å². The molecule has 1 aliphatic heterocycles. The van der Waals surface area contributed by atoms with Crippen LogP contribution in [-0.2, 0) is 6.54 Å². The fraction of sp³-hybridized carbons (Fsp3) is 0.385. The molecule has 0 N–H and O–H groups in total. The summed E-state index contributed by atoms with van der Waals surface area (Å²) in [6.45, 7) is 7.41. The number of nitrogens with zero attached hydrogens (tertiary/aromatic N) is 2. The Labute approximate surface area is 91.8 Å². The highest BCUT2D eigenvalue weighted by atomic mass is 15.3.